The lowest BCUT2D eigenvalue weighted by Crippen LogP contribution is -2.25. The highest BCUT2D eigenvalue weighted by Crippen LogP contribution is 2.19. The largest absolute Gasteiger partial charge is 0.494 e. The van der Waals surface area contributed by atoms with Crippen molar-refractivity contribution in [3.05, 3.63) is 94.3 Å². The van der Waals surface area contributed by atoms with Gasteiger partial charge in [0.15, 0.2) is 0 Å². The molecule has 0 fully saturated rings. The van der Waals surface area contributed by atoms with Gasteiger partial charge >= 0.3 is 0 Å². The quantitative estimate of drug-likeness (QED) is 0.306. The fraction of sp³-hybridized carbons (Fsp3) is 0.259. The van der Waals surface area contributed by atoms with Crippen molar-refractivity contribution in [2.24, 2.45) is 0 Å². The van der Waals surface area contributed by atoms with Gasteiger partial charge in [-0.05, 0) is 74.2 Å². The second-order valence-electron chi connectivity index (χ2n) is 8.13. The summed E-state index contributed by atoms with van der Waals surface area (Å²) in [5.41, 5.74) is 4.95. The van der Waals surface area contributed by atoms with E-state index >= 15 is 0 Å². The van der Waals surface area contributed by atoms with Crippen LogP contribution in [0.3, 0.4) is 0 Å². The van der Waals surface area contributed by atoms with Crippen LogP contribution in [0.4, 0.5) is 0 Å². The molecule has 0 atom stereocenters. The number of benzene rings is 3. The van der Waals surface area contributed by atoms with Gasteiger partial charge in [0, 0.05) is 6.54 Å². The van der Waals surface area contributed by atoms with Crippen molar-refractivity contribution in [2.45, 2.75) is 39.8 Å². The Morgan fingerprint density at radius 1 is 1.00 bits per heavy atom. The van der Waals surface area contributed by atoms with Crippen molar-refractivity contribution in [3.63, 3.8) is 0 Å². The van der Waals surface area contributed by atoms with Crippen molar-refractivity contribution < 1.29 is 9.53 Å². The molecule has 0 saturated heterocycles. The number of ether oxygens (including phenoxy) is 1. The van der Waals surface area contributed by atoms with Gasteiger partial charge in [-0.2, -0.15) is 0 Å². The number of unbranched alkanes of at least 4 members (excludes halogenated alkanes) is 1. The first kappa shape index (κ1) is 22.9. The summed E-state index contributed by atoms with van der Waals surface area (Å²) in [6.07, 6.45) is 1.86. The lowest BCUT2D eigenvalue weighted by atomic mass is 10.1. The molecule has 1 N–H and O–H groups in total. The molecule has 1 aromatic heterocycles. The predicted octanol–water partition coefficient (Wildman–Crippen LogP) is 6.10. The molecule has 4 rings (SSSR count). The predicted molar refractivity (Wildman–Crippen MR) is 133 cm³/mol. The normalized spacial score (nSPS) is 11.0. The molecule has 0 saturated carbocycles. The summed E-state index contributed by atoms with van der Waals surface area (Å²) in [7, 11) is 0. The molecular weight excluding hydrogens is 434 g/mol. The Hall–Kier alpha value is -3.31. The summed E-state index contributed by atoms with van der Waals surface area (Å²) >= 11 is 6.16. The number of amides is 1. The van der Waals surface area contributed by atoms with Gasteiger partial charge in [-0.25, -0.2) is 4.98 Å². The molecule has 0 bridgehead atoms. The molecule has 0 aliphatic carbocycles. The fourth-order valence-corrected chi connectivity index (χ4v) is 4.00. The maximum Gasteiger partial charge on any atom is 0.253 e. The monoisotopic (exact) mass is 461 g/mol. The van der Waals surface area contributed by atoms with Crippen LogP contribution in [-0.2, 0) is 13.1 Å². The highest BCUT2D eigenvalue weighted by molar-refractivity contribution is 6.33. The fourth-order valence-electron chi connectivity index (χ4n) is 3.78. The number of carbonyl (C=O) groups excluding carboxylic acids is 1. The second-order valence-corrected chi connectivity index (χ2v) is 8.54. The van der Waals surface area contributed by atoms with Crippen LogP contribution in [0.1, 0.15) is 40.2 Å². The summed E-state index contributed by atoms with van der Waals surface area (Å²) in [4.78, 5) is 17.3. The molecule has 5 nitrogen and oxygen atoms in total. The Bertz CT molecular complexity index is 1270. The Labute approximate surface area is 199 Å². The topological polar surface area (TPSA) is 56.1 Å². The first-order valence-electron chi connectivity index (χ1n) is 11.2. The first-order chi connectivity index (χ1) is 16.0. The summed E-state index contributed by atoms with van der Waals surface area (Å²) in [5.74, 6) is 1.53. The van der Waals surface area contributed by atoms with Crippen molar-refractivity contribution in [2.75, 3.05) is 6.61 Å². The molecule has 1 heterocycles. The highest BCUT2D eigenvalue weighted by atomic mass is 35.5. The van der Waals surface area contributed by atoms with Crippen LogP contribution in [0.5, 0.6) is 5.75 Å². The zero-order chi connectivity index (χ0) is 23.2. The number of nitrogens with one attached hydrogen (secondary N) is 1. The van der Waals surface area contributed by atoms with Gasteiger partial charge in [0.05, 0.1) is 34.8 Å². The minimum atomic E-state index is -0.207. The van der Waals surface area contributed by atoms with Gasteiger partial charge in [0.25, 0.3) is 5.91 Å². The molecule has 0 unspecified atom stereocenters. The van der Waals surface area contributed by atoms with E-state index in [0.29, 0.717) is 23.7 Å². The van der Waals surface area contributed by atoms with Gasteiger partial charge in [-0.1, -0.05) is 41.9 Å². The molecule has 0 aliphatic heterocycles. The smallest absolute Gasteiger partial charge is 0.253 e. The molecule has 170 valence electrons. The number of rotatable bonds is 9. The molecule has 6 heteroatoms. The Morgan fingerprint density at radius 2 is 1.79 bits per heavy atom. The van der Waals surface area contributed by atoms with Crippen LogP contribution in [-0.4, -0.2) is 22.1 Å². The number of hydrogen-bond donors (Lipinski definition) is 1. The number of para-hydroxylation sites is 2. The van der Waals surface area contributed by atoms with Crippen LogP contribution >= 0.6 is 11.6 Å². The molecule has 4 aromatic rings. The molecule has 0 aliphatic rings. The maximum absolute atomic E-state index is 12.6. The first-order valence-corrected chi connectivity index (χ1v) is 11.6. The number of halogens is 1. The maximum atomic E-state index is 12.6. The zero-order valence-electron chi connectivity index (χ0n) is 19.0. The molecule has 3 aromatic carbocycles. The van der Waals surface area contributed by atoms with E-state index in [1.165, 1.54) is 11.1 Å². The summed E-state index contributed by atoms with van der Waals surface area (Å²) < 4.78 is 8.10. The van der Waals surface area contributed by atoms with E-state index in [2.05, 4.69) is 41.9 Å². The SMILES string of the molecule is Cc1ccc(OCCCCn2c(CNC(=O)c3ccccc3Cl)nc3ccccc32)cc1C. The van der Waals surface area contributed by atoms with Crippen molar-refractivity contribution in [3.8, 4) is 5.75 Å². The second kappa shape index (κ2) is 10.5. The lowest BCUT2D eigenvalue weighted by Gasteiger charge is -2.12. The van der Waals surface area contributed by atoms with Gasteiger partial charge < -0.3 is 14.6 Å². The lowest BCUT2D eigenvalue weighted by molar-refractivity contribution is 0.0949. The van der Waals surface area contributed by atoms with E-state index in [9.17, 15) is 4.79 Å². The summed E-state index contributed by atoms with van der Waals surface area (Å²) in [5, 5.41) is 3.40. The average Bonchev–Trinajstić information content (AvgIpc) is 3.17. The molecule has 1 amide bonds. The van der Waals surface area contributed by atoms with E-state index in [0.717, 1.165) is 42.0 Å². The van der Waals surface area contributed by atoms with E-state index < -0.39 is 0 Å². The number of imidazole rings is 1. The van der Waals surface area contributed by atoms with Crippen LogP contribution in [0.2, 0.25) is 5.02 Å². The van der Waals surface area contributed by atoms with Gasteiger partial charge in [-0.15, -0.1) is 0 Å². The van der Waals surface area contributed by atoms with Crippen LogP contribution in [0.15, 0.2) is 66.7 Å². The number of aromatic nitrogens is 2. The number of fused-ring (bicyclic) bond motifs is 1. The van der Waals surface area contributed by atoms with E-state index in [4.69, 9.17) is 21.3 Å². The van der Waals surface area contributed by atoms with Crippen LogP contribution in [0, 0.1) is 13.8 Å². The van der Waals surface area contributed by atoms with E-state index in [-0.39, 0.29) is 5.91 Å². The third kappa shape index (κ3) is 5.55. The van der Waals surface area contributed by atoms with Crippen molar-refractivity contribution >= 4 is 28.5 Å². The molecular formula is C27H28ClN3O2. The molecule has 0 radical (unpaired) electrons. The van der Waals surface area contributed by atoms with Crippen LogP contribution < -0.4 is 10.1 Å². The average molecular weight is 462 g/mol. The Balaban J connectivity index is 1.38. The summed E-state index contributed by atoms with van der Waals surface area (Å²) in [6, 6.07) is 21.3. The Morgan fingerprint density at radius 3 is 2.61 bits per heavy atom. The van der Waals surface area contributed by atoms with Crippen molar-refractivity contribution in [1.82, 2.24) is 14.9 Å². The third-order valence-corrected chi connectivity index (χ3v) is 6.11. The zero-order valence-corrected chi connectivity index (χ0v) is 19.7. The van der Waals surface area contributed by atoms with Gasteiger partial charge in [0.1, 0.15) is 11.6 Å². The number of hydrogen-bond acceptors (Lipinski definition) is 3. The van der Waals surface area contributed by atoms with Gasteiger partial charge in [0.2, 0.25) is 0 Å². The van der Waals surface area contributed by atoms with E-state index in [1.807, 2.05) is 30.3 Å². The third-order valence-electron chi connectivity index (χ3n) is 5.78. The highest BCUT2D eigenvalue weighted by Gasteiger charge is 2.14. The van der Waals surface area contributed by atoms with Gasteiger partial charge in [-0.3, -0.25) is 4.79 Å². The van der Waals surface area contributed by atoms with Crippen molar-refractivity contribution in [1.29, 1.82) is 0 Å². The standard InChI is InChI=1S/C27H28ClN3O2/c1-19-13-14-21(17-20(19)2)33-16-8-7-15-31-25-12-6-5-11-24(25)30-26(31)18-29-27(32)22-9-3-4-10-23(22)28/h3-6,9-14,17H,7-8,15-16,18H2,1-2H3,(H,29,32). The number of aryl methyl sites for hydroxylation is 3. The summed E-state index contributed by atoms with van der Waals surface area (Å²) in [6.45, 7) is 5.99. The minimum absolute atomic E-state index is 0.207. The molecule has 33 heavy (non-hydrogen) atoms. The minimum Gasteiger partial charge on any atom is -0.494 e. The molecule has 0 spiro atoms. The van der Waals surface area contributed by atoms with Crippen LogP contribution in [0.25, 0.3) is 11.0 Å². The number of nitrogens with zero attached hydrogens (tertiary/aromatic N) is 2. The Kier molecular flexibility index (Phi) is 7.30. The number of carbonyl (C=O) groups is 1. The van der Waals surface area contributed by atoms with E-state index in [1.54, 1.807) is 18.2 Å².